The standard InChI is InChI=1S/C20H34N4.HI/c1-16(2)18-7-6-8-19(15-18)23-20(21)22-11-4-5-12-24-13-9-17(3)10-14-24;/h6-8,15-17H,4-5,9-14H2,1-3H3,(H3,21,22,23);1H. The van der Waals surface area contributed by atoms with Crippen LogP contribution in [0.3, 0.4) is 0 Å². The number of aliphatic imine (C=N–C) groups is 1. The molecule has 0 saturated carbocycles. The maximum Gasteiger partial charge on any atom is 0.193 e. The van der Waals surface area contributed by atoms with Crippen LogP contribution < -0.4 is 11.1 Å². The van der Waals surface area contributed by atoms with Gasteiger partial charge in [-0.15, -0.1) is 24.0 Å². The van der Waals surface area contributed by atoms with Crippen molar-refractivity contribution in [3.63, 3.8) is 0 Å². The highest BCUT2D eigenvalue weighted by Gasteiger charge is 2.14. The molecule has 0 bridgehead atoms. The molecule has 25 heavy (non-hydrogen) atoms. The molecular weight excluding hydrogens is 423 g/mol. The second-order valence-electron chi connectivity index (χ2n) is 7.40. The molecule has 0 unspecified atom stereocenters. The van der Waals surface area contributed by atoms with Crippen molar-refractivity contribution >= 4 is 35.6 Å². The molecule has 0 aliphatic carbocycles. The Bertz CT molecular complexity index is 522. The number of hydrogen-bond acceptors (Lipinski definition) is 2. The summed E-state index contributed by atoms with van der Waals surface area (Å²) in [6.45, 7) is 11.3. The first-order chi connectivity index (χ1) is 11.5. The van der Waals surface area contributed by atoms with Crippen LogP contribution in [0.5, 0.6) is 0 Å². The normalized spacial score (nSPS) is 16.7. The SMILES string of the molecule is CC1CCN(CCCCN=C(N)Nc2cccc(C(C)C)c2)CC1.I. The number of benzene rings is 1. The minimum absolute atomic E-state index is 0. The number of guanidine groups is 1. The van der Waals surface area contributed by atoms with E-state index in [1.165, 1.54) is 44.5 Å². The smallest absolute Gasteiger partial charge is 0.193 e. The lowest BCUT2D eigenvalue weighted by molar-refractivity contribution is 0.190. The van der Waals surface area contributed by atoms with Gasteiger partial charge in [0.1, 0.15) is 0 Å². The molecule has 0 spiro atoms. The number of unbranched alkanes of at least 4 members (excludes halogenated alkanes) is 1. The van der Waals surface area contributed by atoms with Gasteiger partial charge in [-0.25, -0.2) is 0 Å². The zero-order valence-corrected chi connectivity index (χ0v) is 18.3. The first kappa shape index (κ1) is 22.2. The molecular formula is C20H35IN4. The zero-order valence-electron chi connectivity index (χ0n) is 16.0. The molecule has 2 rings (SSSR count). The minimum Gasteiger partial charge on any atom is -0.370 e. The first-order valence-electron chi connectivity index (χ1n) is 9.44. The average Bonchev–Trinajstić information content (AvgIpc) is 2.56. The summed E-state index contributed by atoms with van der Waals surface area (Å²) in [6, 6.07) is 8.38. The summed E-state index contributed by atoms with van der Waals surface area (Å²) in [4.78, 5) is 7.04. The van der Waals surface area contributed by atoms with Gasteiger partial charge in [0, 0.05) is 12.2 Å². The predicted octanol–water partition coefficient (Wildman–Crippen LogP) is 4.67. The number of likely N-dealkylation sites (tertiary alicyclic amines) is 1. The number of rotatable bonds is 7. The van der Waals surface area contributed by atoms with Gasteiger partial charge in [-0.2, -0.15) is 0 Å². The molecule has 1 aromatic carbocycles. The van der Waals surface area contributed by atoms with Crippen molar-refractivity contribution in [1.29, 1.82) is 0 Å². The highest BCUT2D eigenvalue weighted by Crippen LogP contribution is 2.18. The van der Waals surface area contributed by atoms with Crippen molar-refractivity contribution in [1.82, 2.24) is 4.90 Å². The van der Waals surface area contributed by atoms with Gasteiger partial charge in [0.15, 0.2) is 5.96 Å². The maximum atomic E-state index is 6.00. The summed E-state index contributed by atoms with van der Waals surface area (Å²) in [7, 11) is 0. The third kappa shape index (κ3) is 8.40. The lowest BCUT2D eigenvalue weighted by atomic mass is 9.99. The van der Waals surface area contributed by atoms with Crippen LogP contribution in [0.15, 0.2) is 29.3 Å². The van der Waals surface area contributed by atoms with Gasteiger partial charge < -0.3 is 16.0 Å². The molecule has 1 fully saturated rings. The molecule has 3 N–H and O–H groups in total. The highest BCUT2D eigenvalue weighted by molar-refractivity contribution is 14.0. The van der Waals surface area contributed by atoms with E-state index in [0.717, 1.165) is 24.6 Å². The van der Waals surface area contributed by atoms with Crippen LogP contribution in [0.4, 0.5) is 5.69 Å². The topological polar surface area (TPSA) is 53.6 Å². The van der Waals surface area contributed by atoms with E-state index in [9.17, 15) is 0 Å². The van der Waals surface area contributed by atoms with E-state index in [2.05, 4.69) is 54.2 Å². The number of nitrogens with zero attached hydrogens (tertiary/aromatic N) is 2. The maximum absolute atomic E-state index is 6.00. The number of piperidine rings is 1. The molecule has 5 heteroatoms. The van der Waals surface area contributed by atoms with Crippen molar-refractivity contribution in [2.75, 3.05) is 31.5 Å². The Labute approximate surface area is 170 Å². The first-order valence-corrected chi connectivity index (χ1v) is 9.44. The van der Waals surface area contributed by atoms with E-state index in [4.69, 9.17) is 5.73 Å². The molecule has 0 atom stereocenters. The largest absolute Gasteiger partial charge is 0.370 e. The molecule has 1 aliphatic rings. The molecule has 1 heterocycles. The van der Waals surface area contributed by atoms with Crippen molar-refractivity contribution in [2.24, 2.45) is 16.6 Å². The third-order valence-corrected chi connectivity index (χ3v) is 4.87. The summed E-state index contributed by atoms with van der Waals surface area (Å²) in [5.74, 6) is 1.94. The van der Waals surface area contributed by atoms with Gasteiger partial charge in [0.05, 0.1) is 0 Å². The number of halogens is 1. The Morgan fingerprint density at radius 1 is 1.28 bits per heavy atom. The third-order valence-electron chi connectivity index (χ3n) is 4.87. The van der Waals surface area contributed by atoms with Crippen LogP contribution in [0.2, 0.25) is 0 Å². The molecule has 1 saturated heterocycles. The molecule has 1 aromatic rings. The summed E-state index contributed by atoms with van der Waals surface area (Å²) in [5, 5.41) is 3.20. The fourth-order valence-corrected chi connectivity index (χ4v) is 3.10. The lowest BCUT2D eigenvalue weighted by Crippen LogP contribution is -2.33. The second-order valence-corrected chi connectivity index (χ2v) is 7.40. The summed E-state index contributed by atoms with van der Waals surface area (Å²) in [5.41, 5.74) is 8.33. The van der Waals surface area contributed by atoms with Crippen LogP contribution in [-0.4, -0.2) is 37.0 Å². The van der Waals surface area contributed by atoms with Crippen molar-refractivity contribution < 1.29 is 0 Å². The van der Waals surface area contributed by atoms with Crippen LogP contribution >= 0.6 is 24.0 Å². The lowest BCUT2D eigenvalue weighted by Gasteiger charge is -2.30. The fraction of sp³-hybridized carbons (Fsp3) is 0.650. The van der Waals surface area contributed by atoms with Crippen molar-refractivity contribution in [2.45, 2.75) is 52.4 Å². The number of hydrogen-bond donors (Lipinski definition) is 2. The van der Waals surface area contributed by atoms with Gasteiger partial charge >= 0.3 is 0 Å². The van der Waals surface area contributed by atoms with Crippen LogP contribution in [-0.2, 0) is 0 Å². The Balaban J connectivity index is 0.00000312. The van der Waals surface area contributed by atoms with Gasteiger partial charge in [-0.1, -0.05) is 32.9 Å². The highest BCUT2D eigenvalue weighted by atomic mass is 127. The van der Waals surface area contributed by atoms with E-state index >= 15 is 0 Å². The van der Waals surface area contributed by atoms with E-state index in [0.29, 0.717) is 11.9 Å². The van der Waals surface area contributed by atoms with Gasteiger partial charge in [0.2, 0.25) is 0 Å². The monoisotopic (exact) mass is 458 g/mol. The fourth-order valence-electron chi connectivity index (χ4n) is 3.10. The number of nitrogens with two attached hydrogens (primary N) is 1. The Hall–Kier alpha value is -0.820. The average molecular weight is 458 g/mol. The van der Waals surface area contributed by atoms with Crippen LogP contribution in [0.1, 0.15) is 57.9 Å². The molecule has 1 aliphatic heterocycles. The molecule has 0 radical (unpaired) electrons. The van der Waals surface area contributed by atoms with E-state index < -0.39 is 0 Å². The van der Waals surface area contributed by atoms with Crippen LogP contribution in [0, 0.1) is 5.92 Å². The summed E-state index contributed by atoms with van der Waals surface area (Å²) < 4.78 is 0. The zero-order chi connectivity index (χ0) is 17.4. The van der Waals surface area contributed by atoms with Crippen LogP contribution in [0.25, 0.3) is 0 Å². The van der Waals surface area contributed by atoms with Gasteiger partial charge in [-0.05, 0) is 74.8 Å². The van der Waals surface area contributed by atoms with Gasteiger partial charge in [-0.3, -0.25) is 4.99 Å². The molecule has 4 nitrogen and oxygen atoms in total. The van der Waals surface area contributed by atoms with Crippen molar-refractivity contribution in [3.8, 4) is 0 Å². The van der Waals surface area contributed by atoms with E-state index in [1.54, 1.807) is 0 Å². The number of anilines is 1. The summed E-state index contributed by atoms with van der Waals surface area (Å²) in [6.07, 6.45) is 5.00. The van der Waals surface area contributed by atoms with E-state index in [1.807, 2.05) is 6.07 Å². The Morgan fingerprint density at radius 2 is 2.00 bits per heavy atom. The quantitative estimate of drug-likeness (QED) is 0.270. The van der Waals surface area contributed by atoms with Gasteiger partial charge in [0.25, 0.3) is 0 Å². The summed E-state index contributed by atoms with van der Waals surface area (Å²) >= 11 is 0. The minimum atomic E-state index is 0. The Morgan fingerprint density at radius 3 is 2.68 bits per heavy atom. The Kier molecular flexibility index (Phi) is 10.4. The number of nitrogens with one attached hydrogen (secondary N) is 1. The molecule has 0 aromatic heterocycles. The second kappa shape index (κ2) is 11.7. The predicted molar refractivity (Wildman–Crippen MR) is 120 cm³/mol. The molecule has 142 valence electrons. The van der Waals surface area contributed by atoms with E-state index in [-0.39, 0.29) is 24.0 Å². The molecule has 0 amide bonds. The van der Waals surface area contributed by atoms with Crippen molar-refractivity contribution in [3.05, 3.63) is 29.8 Å².